The second kappa shape index (κ2) is 6.55. The summed E-state index contributed by atoms with van der Waals surface area (Å²) in [5, 5.41) is 6.57. The Kier molecular flexibility index (Phi) is 4.27. The molecule has 0 spiro atoms. The number of para-hydroxylation sites is 1. The van der Waals surface area contributed by atoms with E-state index in [9.17, 15) is 9.59 Å². The molecule has 2 amide bonds. The van der Waals surface area contributed by atoms with Crippen LogP contribution in [0.1, 0.15) is 37.7 Å². The molecule has 0 radical (unpaired) electrons. The van der Waals surface area contributed by atoms with Crippen LogP contribution in [0, 0.1) is 5.92 Å². The van der Waals surface area contributed by atoms with Crippen molar-refractivity contribution >= 4 is 17.5 Å². The van der Waals surface area contributed by atoms with Crippen molar-refractivity contribution in [2.45, 2.75) is 50.6 Å². The minimum Gasteiger partial charge on any atom is -0.341 e. The Morgan fingerprint density at radius 2 is 2.00 bits per heavy atom. The quantitative estimate of drug-likeness (QED) is 0.892. The second-order valence-corrected chi connectivity index (χ2v) is 7.35. The van der Waals surface area contributed by atoms with Crippen LogP contribution in [0.15, 0.2) is 24.3 Å². The molecule has 3 atom stereocenters. The Morgan fingerprint density at radius 1 is 1.17 bits per heavy atom. The van der Waals surface area contributed by atoms with E-state index < -0.39 is 0 Å². The first-order valence-corrected chi connectivity index (χ1v) is 9.11. The zero-order valence-corrected chi connectivity index (χ0v) is 14.0. The first kappa shape index (κ1) is 15.6. The lowest BCUT2D eigenvalue weighted by Crippen LogP contribution is -2.39. The molecule has 2 bridgehead atoms. The number of carbonyl (C=O) groups is 2. The van der Waals surface area contributed by atoms with Crippen molar-refractivity contribution in [3.05, 3.63) is 29.8 Å². The van der Waals surface area contributed by atoms with Crippen LogP contribution in [0.3, 0.4) is 0 Å². The number of carbonyl (C=O) groups excluding carboxylic acids is 2. The monoisotopic (exact) mass is 327 g/mol. The molecular formula is C19H25N3O2. The molecule has 0 aromatic heterocycles. The van der Waals surface area contributed by atoms with E-state index in [-0.39, 0.29) is 17.7 Å². The number of nitrogens with one attached hydrogen (secondary N) is 2. The molecule has 1 aromatic rings. The highest BCUT2D eigenvalue weighted by molar-refractivity contribution is 5.96. The molecule has 3 heterocycles. The topological polar surface area (TPSA) is 61.4 Å². The molecule has 24 heavy (non-hydrogen) atoms. The van der Waals surface area contributed by atoms with Gasteiger partial charge in [0, 0.05) is 43.2 Å². The largest absolute Gasteiger partial charge is 0.341 e. The molecule has 2 N–H and O–H groups in total. The number of benzene rings is 1. The molecule has 4 rings (SSSR count). The lowest BCUT2D eigenvalue weighted by atomic mass is 9.89. The summed E-state index contributed by atoms with van der Waals surface area (Å²) >= 11 is 0. The summed E-state index contributed by atoms with van der Waals surface area (Å²) in [7, 11) is 0. The summed E-state index contributed by atoms with van der Waals surface area (Å²) in [5.74, 6) is 0.166. The van der Waals surface area contributed by atoms with Crippen molar-refractivity contribution in [2.75, 3.05) is 18.4 Å². The van der Waals surface area contributed by atoms with Crippen LogP contribution in [-0.4, -0.2) is 41.9 Å². The first-order valence-electron chi connectivity index (χ1n) is 9.11. The van der Waals surface area contributed by atoms with Gasteiger partial charge in [-0.2, -0.15) is 0 Å². The molecule has 0 saturated carbocycles. The average Bonchev–Trinajstić information content (AvgIpc) is 2.91. The predicted molar refractivity (Wildman–Crippen MR) is 92.6 cm³/mol. The molecular weight excluding hydrogens is 302 g/mol. The van der Waals surface area contributed by atoms with Gasteiger partial charge in [0.25, 0.3) is 0 Å². The van der Waals surface area contributed by atoms with Gasteiger partial charge in [-0.1, -0.05) is 18.2 Å². The number of anilines is 1. The minimum absolute atomic E-state index is 0.0538. The number of likely N-dealkylation sites (tertiary alicyclic amines) is 1. The fraction of sp³-hybridized carbons (Fsp3) is 0.579. The van der Waals surface area contributed by atoms with Crippen LogP contribution < -0.4 is 10.6 Å². The fourth-order valence-electron chi connectivity index (χ4n) is 4.27. The molecule has 3 aliphatic heterocycles. The third-order valence-corrected chi connectivity index (χ3v) is 5.69. The van der Waals surface area contributed by atoms with E-state index in [1.165, 1.54) is 18.4 Å². The molecule has 2 fully saturated rings. The molecule has 3 aliphatic rings. The Balaban J connectivity index is 1.33. The maximum Gasteiger partial charge on any atom is 0.227 e. The molecule has 2 saturated heterocycles. The lowest BCUT2D eigenvalue weighted by molar-refractivity contribution is -0.132. The first-order chi connectivity index (χ1) is 11.7. The third kappa shape index (κ3) is 3.18. The van der Waals surface area contributed by atoms with Crippen LogP contribution in [0.25, 0.3) is 0 Å². The maximum absolute atomic E-state index is 12.6. The summed E-state index contributed by atoms with van der Waals surface area (Å²) in [6.45, 7) is 1.68. The predicted octanol–water partition coefficient (Wildman–Crippen LogP) is 1.93. The number of hydrogen-bond acceptors (Lipinski definition) is 3. The molecule has 128 valence electrons. The van der Waals surface area contributed by atoms with Crippen molar-refractivity contribution in [3.63, 3.8) is 0 Å². The Morgan fingerprint density at radius 3 is 2.92 bits per heavy atom. The number of nitrogens with zero attached hydrogens (tertiary/aromatic N) is 1. The summed E-state index contributed by atoms with van der Waals surface area (Å²) in [6.07, 6.45) is 5.32. The summed E-state index contributed by atoms with van der Waals surface area (Å²) in [4.78, 5) is 26.9. The highest BCUT2D eigenvalue weighted by Crippen LogP contribution is 2.28. The maximum atomic E-state index is 12.6. The number of amides is 2. The van der Waals surface area contributed by atoms with Gasteiger partial charge in [-0.25, -0.2) is 0 Å². The van der Waals surface area contributed by atoms with Gasteiger partial charge in [-0.05, 0) is 43.7 Å². The van der Waals surface area contributed by atoms with Crippen LogP contribution in [0.4, 0.5) is 5.69 Å². The van der Waals surface area contributed by atoms with E-state index in [1.807, 2.05) is 23.1 Å². The Bertz CT molecular complexity index is 645. The van der Waals surface area contributed by atoms with Gasteiger partial charge in [0.05, 0.1) is 0 Å². The van der Waals surface area contributed by atoms with Gasteiger partial charge >= 0.3 is 0 Å². The van der Waals surface area contributed by atoms with Crippen LogP contribution in [-0.2, 0) is 16.0 Å². The van der Waals surface area contributed by atoms with Crippen molar-refractivity contribution in [3.8, 4) is 0 Å². The van der Waals surface area contributed by atoms with Gasteiger partial charge in [-0.3, -0.25) is 9.59 Å². The summed E-state index contributed by atoms with van der Waals surface area (Å²) < 4.78 is 0. The van der Waals surface area contributed by atoms with Crippen molar-refractivity contribution < 1.29 is 9.59 Å². The zero-order chi connectivity index (χ0) is 16.5. The lowest BCUT2D eigenvalue weighted by Gasteiger charge is -2.27. The highest BCUT2D eigenvalue weighted by Gasteiger charge is 2.32. The van der Waals surface area contributed by atoms with Crippen LogP contribution >= 0.6 is 0 Å². The summed E-state index contributed by atoms with van der Waals surface area (Å²) in [5.41, 5.74) is 2.09. The number of hydrogen-bond donors (Lipinski definition) is 2. The summed E-state index contributed by atoms with van der Waals surface area (Å²) in [6, 6.07) is 8.98. The number of rotatable bonds is 3. The highest BCUT2D eigenvalue weighted by atomic mass is 16.2. The van der Waals surface area contributed by atoms with Gasteiger partial charge < -0.3 is 15.5 Å². The average molecular weight is 327 g/mol. The van der Waals surface area contributed by atoms with Crippen molar-refractivity contribution in [2.24, 2.45) is 5.92 Å². The van der Waals surface area contributed by atoms with E-state index in [2.05, 4.69) is 16.7 Å². The molecule has 5 heteroatoms. The van der Waals surface area contributed by atoms with E-state index in [0.29, 0.717) is 24.9 Å². The normalized spacial score (nSPS) is 28.9. The zero-order valence-electron chi connectivity index (χ0n) is 14.0. The minimum atomic E-state index is -0.0922. The SMILES string of the molecule is O=C1Nc2ccccc2CC1CCC(=O)N1CCC2CCC(C1)N2. The van der Waals surface area contributed by atoms with Gasteiger partial charge in [0.15, 0.2) is 0 Å². The van der Waals surface area contributed by atoms with Crippen molar-refractivity contribution in [1.82, 2.24) is 10.2 Å². The van der Waals surface area contributed by atoms with E-state index in [0.717, 1.165) is 31.6 Å². The standard InChI is InChI=1S/C19H25N3O2/c23-18(22-10-9-15-6-7-16(12-22)20-15)8-5-14-11-13-3-1-2-4-17(13)21-19(14)24/h1-4,14-16,20H,5-12H2,(H,21,24). The van der Waals surface area contributed by atoms with Gasteiger partial charge in [-0.15, -0.1) is 0 Å². The van der Waals surface area contributed by atoms with Crippen LogP contribution in [0.5, 0.6) is 0 Å². The van der Waals surface area contributed by atoms with Gasteiger partial charge in [0.1, 0.15) is 0 Å². The molecule has 5 nitrogen and oxygen atoms in total. The van der Waals surface area contributed by atoms with Crippen molar-refractivity contribution in [1.29, 1.82) is 0 Å². The third-order valence-electron chi connectivity index (χ3n) is 5.69. The molecule has 1 aromatic carbocycles. The fourth-order valence-corrected chi connectivity index (χ4v) is 4.27. The van der Waals surface area contributed by atoms with E-state index in [1.54, 1.807) is 0 Å². The Labute approximate surface area is 142 Å². The van der Waals surface area contributed by atoms with E-state index in [4.69, 9.17) is 0 Å². The number of fused-ring (bicyclic) bond motifs is 3. The molecule has 0 aliphatic carbocycles. The van der Waals surface area contributed by atoms with Gasteiger partial charge in [0.2, 0.25) is 11.8 Å². The second-order valence-electron chi connectivity index (χ2n) is 7.35. The smallest absolute Gasteiger partial charge is 0.227 e. The van der Waals surface area contributed by atoms with Crippen LogP contribution in [0.2, 0.25) is 0 Å². The molecule has 3 unspecified atom stereocenters. The Hall–Kier alpha value is -1.88. The van der Waals surface area contributed by atoms with E-state index >= 15 is 0 Å².